The lowest BCUT2D eigenvalue weighted by molar-refractivity contribution is -0.136. The van der Waals surface area contributed by atoms with Crippen molar-refractivity contribution in [3.63, 3.8) is 0 Å². The highest BCUT2D eigenvalue weighted by atomic mass is 16.3. The summed E-state index contributed by atoms with van der Waals surface area (Å²) in [5.74, 6) is 0.168. The van der Waals surface area contributed by atoms with Crippen molar-refractivity contribution in [1.29, 1.82) is 0 Å². The third-order valence-electron chi connectivity index (χ3n) is 4.37. The zero-order chi connectivity index (χ0) is 15.4. The Hall–Kier alpha value is -1.39. The molecule has 3 unspecified atom stereocenters. The molecule has 1 saturated carbocycles. The van der Waals surface area contributed by atoms with Crippen molar-refractivity contribution < 1.29 is 9.90 Å². The molecule has 0 spiro atoms. The van der Waals surface area contributed by atoms with Gasteiger partial charge in [0, 0.05) is 18.5 Å². The Morgan fingerprint density at radius 3 is 2.57 bits per heavy atom. The number of carbonyl (C=O) groups excluding carboxylic acids is 1. The van der Waals surface area contributed by atoms with E-state index in [0.717, 1.165) is 30.4 Å². The summed E-state index contributed by atoms with van der Waals surface area (Å²) in [7, 11) is 0. The third kappa shape index (κ3) is 4.05. The van der Waals surface area contributed by atoms with E-state index < -0.39 is 6.10 Å². The highest BCUT2D eigenvalue weighted by Crippen LogP contribution is 2.27. The summed E-state index contributed by atoms with van der Waals surface area (Å²) >= 11 is 0. The fraction of sp³-hybridized carbons (Fsp3) is 0.588. The fourth-order valence-corrected chi connectivity index (χ4v) is 2.98. The van der Waals surface area contributed by atoms with E-state index >= 15 is 0 Å². The number of likely N-dealkylation sites (N-methyl/N-ethyl adjacent to an activating group) is 1. The number of amides is 1. The number of hydrogen-bond donors (Lipinski definition) is 2. The van der Waals surface area contributed by atoms with Crippen LogP contribution < -0.4 is 5.73 Å². The van der Waals surface area contributed by atoms with Gasteiger partial charge in [-0.05, 0) is 38.7 Å². The van der Waals surface area contributed by atoms with Gasteiger partial charge in [0.25, 0.3) is 0 Å². The monoisotopic (exact) mass is 290 g/mol. The molecule has 1 fully saturated rings. The Morgan fingerprint density at radius 2 is 2.05 bits per heavy atom. The molecule has 4 nitrogen and oxygen atoms in total. The second-order valence-corrected chi connectivity index (χ2v) is 6.07. The van der Waals surface area contributed by atoms with Crippen LogP contribution in [0.1, 0.15) is 43.4 Å². The molecule has 4 heteroatoms. The summed E-state index contributed by atoms with van der Waals surface area (Å²) in [6, 6.07) is 7.95. The predicted molar refractivity (Wildman–Crippen MR) is 83.7 cm³/mol. The Labute approximate surface area is 126 Å². The lowest BCUT2D eigenvalue weighted by Gasteiger charge is -2.27. The molecule has 1 aliphatic carbocycles. The maximum atomic E-state index is 12.5. The van der Waals surface area contributed by atoms with E-state index in [1.807, 2.05) is 38.1 Å². The van der Waals surface area contributed by atoms with Crippen molar-refractivity contribution in [1.82, 2.24) is 4.90 Å². The highest BCUT2D eigenvalue weighted by molar-refractivity contribution is 5.79. The first-order valence-electron chi connectivity index (χ1n) is 7.80. The van der Waals surface area contributed by atoms with Gasteiger partial charge in [-0.15, -0.1) is 0 Å². The van der Waals surface area contributed by atoms with Crippen LogP contribution in [0.2, 0.25) is 0 Å². The maximum Gasteiger partial charge on any atom is 0.225 e. The summed E-state index contributed by atoms with van der Waals surface area (Å²) in [6.07, 6.45) is 1.94. The largest absolute Gasteiger partial charge is 0.387 e. The van der Waals surface area contributed by atoms with E-state index in [-0.39, 0.29) is 17.9 Å². The predicted octanol–water partition coefficient (Wildman–Crippen LogP) is 2.00. The van der Waals surface area contributed by atoms with Crippen molar-refractivity contribution >= 4 is 5.91 Å². The first-order chi connectivity index (χ1) is 10.0. The number of carbonyl (C=O) groups is 1. The number of nitrogens with zero attached hydrogens (tertiary/aromatic N) is 1. The van der Waals surface area contributed by atoms with Crippen LogP contribution in [0.3, 0.4) is 0 Å². The van der Waals surface area contributed by atoms with Gasteiger partial charge in [-0.2, -0.15) is 0 Å². The lowest BCUT2D eigenvalue weighted by atomic mass is 10.0. The van der Waals surface area contributed by atoms with Crippen molar-refractivity contribution in [3.8, 4) is 0 Å². The average molecular weight is 290 g/mol. The van der Waals surface area contributed by atoms with Gasteiger partial charge in [-0.1, -0.05) is 29.8 Å². The first-order valence-corrected chi connectivity index (χ1v) is 7.80. The zero-order valence-electron chi connectivity index (χ0n) is 13.0. The Balaban J connectivity index is 1.98. The van der Waals surface area contributed by atoms with Crippen LogP contribution in [0.4, 0.5) is 0 Å². The quantitative estimate of drug-likeness (QED) is 0.871. The number of hydrogen-bond acceptors (Lipinski definition) is 3. The molecule has 1 aliphatic rings. The van der Waals surface area contributed by atoms with Gasteiger partial charge >= 0.3 is 0 Å². The SMILES string of the molecule is CCN(CC(O)c1ccc(C)cc1)C(=O)C1CCC(N)C1. The molecule has 1 amide bonds. The Bertz CT molecular complexity index is 472. The van der Waals surface area contributed by atoms with Gasteiger partial charge in [0.1, 0.15) is 0 Å². The molecule has 0 bridgehead atoms. The van der Waals surface area contributed by atoms with E-state index in [2.05, 4.69) is 0 Å². The second kappa shape index (κ2) is 7.05. The van der Waals surface area contributed by atoms with E-state index in [1.165, 1.54) is 0 Å². The topological polar surface area (TPSA) is 66.6 Å². The van der Waals surface area contributed by atoms with E-state index in [0.29, 0.717) is 13.1 Å². The number of aliphatic hydroxyl groups excluding tert-OH is 1. The summed E-state index contributed by atoms with van der Waals surface area (Å²) < 4.78 is 0. The van der Waals surface area contributed by atoms with Crippen LogP contribution in [0.25, 0.3) is 0 Å². The summed E-state index contributed by atoms with van der Waals surface area (Å²) in [5, 5.41) is 10.3. The van der Waals surface area contributed by atoms with Crippen LogP contribution in [0.15, 0.2) is 24.3 Å². The normalized spacial score (nSPS) is 23.0. The van der Waals surface area contributed by atoms with Crippen molar-refractivity contribution in [2.75, 3.05) is 13.1 Å². The standard InChI is InChI=1S/C17H26N2O2/c1-3-19(17(21)14-8-9-15(18)10-14)11-16(20)13-6-4-12(2)5-7-13/h4-7,14-16,20H,3,8-11,18H2,1-2H3. The number of nitrogens with two attached hydrogens (primary N) is 1. The van der Waals surface area contributed by atoms with E-state index in [4.69, 9.17) is 5.73 Å². The minimum absolute atomic E-state index is 0.0326. The van der Waals surface area contributed by atoms with Gasteiger partial charge in [0.05, 0.1) is 12.6 Å². The number of benzene rings is 1. The number of rotatable bonds is 5. The van der Waals surface area contributed by atoms with E-state index in [9.17, 15) is 9.90 Å². The van der Waals surface area contributed by atoms with Gasteiger partial charge in [-0.3, -0.25) is 4.79 Å². The van der Waals surface area contributed by atoms with Crippen LogP contribution in [-0.2, 0) is 4.79 Å². The summed E-state index contributed by atoms with van der Waals surface area (Å²) in [5.41, 5.74) is 7.91. The molecule has 3 atom stereocenters. The molecule has 116 valence electrons. The molecule has 0 saturated heterocycles. The molecule has 21 heavy (non-hydrogen) atoms. The minimum Gasteiger partial charge on any atom is -0.387 e. The molecule has 1 aromatic rings. The van der Waals surface area contributed by atoms with Crippen molar-refractivity contribution in [2.45, 2.75) is 45.3 Å². The second-order valence-electron chi connectivity index (χ2n) is 6.07. The third-order valence-corrected chi connectivity index (χ3v) is 4.37. The molecular weight excluding hydrogens is 264 g/mol. The van der Waals surface area contributed by atoms with Crippen LogP contribution in [0.5, 0.6) is 0 Å². The molecular formula is C17H26N2O2. The first kappa shape index (κ1) is 16.0. The fourth-order valence-electron chi connectivity index (χ4n) is 2.98. The molecule has 3 N–H and O–H groups in total. The highest BCUT2D eigenvalue weighted by Gasteiger charge is 2.31. The Morgan fingerprint density at radius 1 is 1.38 bits per heavy atom. The van der Waals surface area contributed by atoms with Crippen LogP contribution >= 0.6 is 0 Å². The molecule has 0 radical (unpaired) electrons. The maximum absolute atomic E-state index is 12.5. The summed E-state index contributed by atoms with van der Waals surface area (Å²) in [4.78, 5) is 14.3. The average Bonchev–Trinajstić information content (AvgIpc) is 2.91. The van der Waals surface area contributed by atoms with Gasteiger partial charge < -0.3 is 15.7 Å². The van der Waals surface area contributed by atoms with Crippen LogP contribution in [0, 0.1) is 12.8 Å². The van der Waals surface area contributed by atoms with Gasteiger partial charge in [0.2, 0.25) is 5.91 Å². The lowest BCUT2D eigenvalue weighted by Crippen LogP contribution is -2.38. The molecule has 1 aromatic carbocycles. The number of aryl methyl sites for hydroxylation is 1. The van der Waals surface area contributed by atoms with Crippen molar-refractivity contribution in [3.05, 3.63) is 35.4 Å². The summed E-state index contributed by atoms with van der Waals surface area (Å²) in [6.45, 7) is 4.94. The molecule has 0 aliphatic heterocycles. The van der Waals surface area contributed by atoms with Gasteiger partial charge in [0.15, 0.2) is 0 Å². The molecule has 0 heterocycles. The molecule has 2 rings (SSSR count). The van der Waals surface area contributed by atoms with E-state index in [1.54, 1.807) is 4.90 Å². The van der Waals surface area contributed by atoms with Gasteiger partial charge in [-0.25, -0.2) is 0 Å². The Kier molecular flexibility index (Phi) is 5.37. The minimum atomic E-state index is -0.635. The number of aliphatic hydroxyl groups is 1. The smallest absolute Gasteiger partial charge is 0.225 e. The van der Waals surface area contributed by atoms with Crippen molar-refractivity contribution in [2.24, 2.45) is 11.7 Å². The zero-order valence-corrected chi connectivity index (χ0v) is 13.0. The van der Waals surface area contributed by atoms with Crippen LogP contribution in [-0.4, -0.2) is 35.0 Å². The molecule has 0 aromatic heterocycles.